The molecule has 8 heteroatoms. The molecule has 0 unspecified atom stereocenters. The predicted molar refractivity (Wildman–Crippen MR) is 126 cm³/mol. The standard InChI is InChI=1S/C20H32N6O.HI/c1-6-17-16(18(7-2)27-25-17)14-24-20(21-5)23-13-15-10-11-19(22-12-15)26(8-3)9-4;/h10-12H,6-9,13-14H2,1-5H3,(H2,21,23,24);1H. The number of nitrogens with one attached hydrogen (secondary N) is 2. The highest BCUT2D eigenvalue weighted by molar-refractivity contribution is 14.0. The van der Waals surface area contributed by atoms with Crippen molar-refractivity contribution in [2.24, 2.45) is 4.99 Å². The van der Waals surface area contributed by atoms with E-state index in [9.17, 15) is 0 Å². The fourth-order valence-electron chi connectivity index (χ4n) is 2.97. The highest BCUT2D eigenvalue weighted by atomic mass is 127. The Labute approximate surface area is 185 Å². The quantitative estimate of drug-likeness (QED) is 0.312. The molecule has 0 spiro atoms. The van der Waals surface area contributed by atoms with Crippen molar-refractivity contribution >= 4 is 35.8 Å². The number of nitrogens with zero attached hydrogens (tertiary/aromatic N) is 4. The van der Waals surface area contributed by atoms with Crippen molar-refractivity contribution < 1.29 is 4.52 Å². The Balaban J connectivity index is 0.00000392. The zero-order valence-electron chi connectivity index (χ0n) is 17.6. The third-order valence-corrected chi connectivity index (χ3v) is 4.62. The molecule has 0 aliphatic rings. The Morgan fingerprint density at radius 3 is 2.32 bits per heavy atom. The molecule has 28 heavy (non-hydrogen) atoms. The number of aryl methyl sites for hydroxylation is 2. The molecular weight excluding hydrogens is 467 g/mol. The van der Waals surface area contributed by atoms with Crippen LogP contribution in [0.25, 0.3) is 0 Å². The van der Waals surface area contributed by atoms with Gasteiger partial charge in [0.05, 0.1) is 5.69 Å². The van der Waals surface area contributed by atoms with E-state index < -0.39 is 0 Å². The summed E-state index contributed by atoms with van der Waals surface area (Å²) in [5.41, 5.74) is 3.25. The van der Waals surface area contributed by atoms with Crippen LogP contribution in [0.2, 0.25) is 0 Å². The van der Waals surface area contributed by atoms with E-state index in [1.54, 1.807) is 7.05 Å². The summed E-state index contributed by atoms with van der Waals surface area (Å²) in [4.78, 5) is 11.1. The van der Waals surface area contributed by atoms with Gasteiger partial charge in [-0.25, -0.2) is 4.98 Å². The van der Waals surface area contributed by atoms with Crippen molar-refractivity contribution in [1.29, 1.82) is 0 Å². The lowest BCUT2D eigenvalue weighted by molar-refractivity contribution is 0.380. The molecule has 7 nitrogen and oxygen atoms in total. The molecule has 0 aromatic carbocycles. The van der Waals surface area contributed by atoms with Gasteiger partial charge in [-0.15, -0.1) is 24.0 Å². The molecule has 0 saturated carbocycles. The number of pyridine rings is 1. The van der Waals surface area contributed by atoms with Crippen molar-refractivity contribution in [3.8, 4) is 0 Å². The third kappa shape index (κ3) is 6.35. The molecule has 0 aliphatic carbocycles. The number of aromatic nitrogens is 2. The van der Waals surface area contributed by atoms with E-state index in [4.69, 9.17) is 4.52 Å². The van der Waals surface area contributed by atoms with Gasteiger partial charge in [0.1, 0.15) is 11.6 Å². The van der Waals surface area contributed by atoms with Crippen LogP contribution in [-0.4, -0.2) is 36.2 Å². The Bertz CT molecular complexity index is 703. The van der Waals surface area contributed by atoms with E-state index in [-0.39, 0.29) is 24.0 Å². The van der Waals surface area contributed by atoms with Crippen molar-refractivity contribution in [3.63, 3.8) is 0 Å². The van der Waals surface area contributed by atoms with E-state index >= 15 is 0 Å². The average Bonchev–Trinajstić information content (AvgIpc) is 3.12. The topological polar surface area (TPSA) is 78.6 Å². The SMILES string of the molecule is CCc1noc(CC)c1CNC(=NC)NCc1ccc(N(CC)CC)nc1.I. The second kappa shape index (κ2) is 12.6. The number of rotatable bonds is 9. The molecule has 2 aromatic heterocycles. The largest absolute Gasteiger partial charge is 0.361 e. The van der Waals surface area contributed by atoms with Gasteiger partial charge in [-0.1, -0.05) is 25.1 Å². The van der Waals surface area contributed by atoms with Crippen LogP contribution >= 0.6 is 24.0 Å². The first-order chi connectivity index (χ1) is 13.2. The van der Waals surface area contributed by atoms with Gasteiger partial charge in [0.15, 0.2) is 5.96 Å². The van der Waals surface area contributed by atoms with Crippen LogP contribution < -0.4 is 15.5 Å². The number of halogens is 1. The minimum atomic E-state index is 0. The normalized spacial score (nSPS) is 11.1. The van der Waals surface area contributed by atoms with Gasteiger partial charge in [0.2, 0.25) is 0 Å². The smallest absolute Gasteiger partial charge is 0.191 e. The van der Waals surface area contributed by atoms with Gasteiger partial charge in [-0.05, 0) is 31.9 Å². The van der Waals surface area contributed by atoms with Crippen LogP contribution in [-0.2, 0) is 25.9 Å². The van der Waals surface area contributed by atoms with Crippen molar-refractivity contribution in [2.75, 3.05) is 25.0 Å². The van der Waals surface area contributed by atoms with Gasteiger partial charge >= 0.3 is 0 Å². The molecule has 2 rings (SSSR count). The molecule has 156 valence electrons. The highest BCUT2D eigenvalue weighted by Gasteiger charge is 2.13. The molecule has 0 radical (unpaired) electrons. The maximum atomic E-state index is 5.42. The summed E-state index contributed by atoms with van der Waals surface area (Å²) in [5.74, 6) is 2.69. The molecule has 0 atom stereocenters. The van der Waals surface area contributed by atoms with Gasteiger partial charge in [-0.2, -0.15) is 0 Å². The summed E-state index contributed by atoms with van der Waals surface area (Å²) >= 11 is 0. The fourth-order valence-corrected chi connectivity index (χ4v) is 2.97. The molecule has 0 fully saturated rings. The van der Waals surface area contributed by atoms with Crippen molar-refractivity contribution in [1.82, 2.24) is 20.8 Å². The molecular formula is C20H33IN6O. The molecule has 0 amide bonds. The highest BCUT2D eigenvalue weighted by Crippen LogP contribution is 2.15. The summed E-state index contributed by atoms with van der Waals surface area (Å²) in [6.45, 7) is 11.7. The molecule has 2 N–H and O–H groups in total. The third-order valence-electron chi connectivity index (χ3n) is 4.62. The number of hydrogen-bond acceptors (Lipinski definition) is 5. The number of aliphatic imine (C=N–C) groups is 1. The zero-order chi connectivity index (χ0) is 19.6. The first-order valence-corrected chi connectivity index (χ1v) is 9.77. The van der Waals surface area contributed by atoms with E-state index in [0.29, 0.717) is 13.1 Å². The minimum absolute atomic E-state index is 0. The van der Waals surface area contributed by atoms with Crippen molar-refractivity contribution in [2.45, 2.75) is 53.6 Å². The lowest BCUT2D eigenvalue weighted by atomic mass is 10.1. The Kier molecular flexibility index (Phi) is 10.9. The Morgan fingerprint density at radius 1 is 1.07 bits per heavy atom. The lowest BCUT2D eigenvalue weighted by Crippen LogP contribution is -2.36. The average molecular weight is 500 g/mol. The molecule has 2 aromatic rings. The summed E-state index contributed by atoms with van der Waals surface area (Å²) in [6, 6.07) is 4.17. The van der Waals surface area contributed by atoms with Crippen LogP contribution in [0.3, 0.4) is 0 Å². The lowest BCUT2D eigenvalue weighted by Gasteiger charge is -2.19. The first kappa shape index (κ1) is 24.2. The van der Waals surface area contributed by atoms with Crippen LogP contribution in [0.15, 0.2) is 27.8 Å². The summed E-state index contributed by atoms with van der Waals surface area (Å²) in [6.07, 6.45) is 3.61. The van der Waals surface area contributed by atoms with Gasteiger partial charge in [0, 0.05) is 51.4 Å². The summed E-state index contributed by atoms with van der Waals surface area (Å²) < 4.78 is 5.42. The number of guanidine groups is 1. The van der Waals surface area contributed by atoms with Gasteiger partial charge in [0.25, 0.3) is 0 Å². The maximum Gasteiger partial charge on any atom is 0.191 e. The first-order valence-electron chi connectivity index (χ1n) is 9.77. The van der Waals surface area contributed by atoms with E-state index in [2.05, 4.69) is 70.5 Å². The van der Waals surface area contributed by atoms with E-state index in [1.807, 2.05) is 6.20 Å². The number of hydrogen-bond donors (Lipinski definition) is 2. The monoisotopic (exact) mass is 500 g/mol. The fraction of sp³-hybridized carbons (Fsp3) is 0.550. The Hall–Kier alpha value is -1.84. The minimum Gasteiger partial charge on any atom is -0.361 e. The Morgan fingerprint density at radius 2 is 1.79 bits per heavy atom. The summed E-state index contributed by atoms with van der Waals surface area (Å²) in [5, 5.41) is 10.8. The maximum absolute atomic E-state index is 5.42. The van der Waals surface area contributed by atoms with Gasteiger partial charge in [-0.3, -0.25) is 4.99 Å². The number of anilines is 1. The van der Waals surface area contributed by atoms with E-state index in [1.165, 1.54) is 0 Å². The molecule has 0 bridgehead atoms. The van der Waals surface area contributed by atoms with Crippen LogP contribution in [0.5, 0.6) is 0 Å². The molecule has 0 aliphatic heterocycles. The van der Waals surface area contributed by atoms with E-state index in [0.717, 1.165) is 60.3 Å². The van der Waals surface area contributed by atoms with Crippen molar-refractivity contribution in [3.05, 3.63) is 40.9 Å². The van der Waals surface area contributed by atoms with Crippen LogP contribution in [0.1, 0.15) is 50.3 Å². The predicted octanol–water partition coefficient (Wildman–Crippen LogP) is 3.52. The van der Waals surface area contributed by atoms with Crippen LogP contribution in [0, 0.1) is 0 Å². The summed E-state index contributed by atoms with van der Waals surface area (Å²) in [7, 11) is 1.77. The van der Waals surface area contributed by atoms with Gasteiger partial charge < -0.3 is 20.1 Å². The van der Waals surface area contributed by atoms with Crippen LogP contribution in [0.4, 0.5) is 5.82 Å². The molecule has 2 heterocycles. The molecule has 0 saturated heterocycles. The second-order valence-corrected chi connectivity index (χ2v) is 6.21. The second-order valence-electron chi connectivity index (χ2n) is 6.21. The zero-order valence-corrected chi connectivity index (χ0v) is 19.9.